The van der Waals surface area contributed by atoms with Gasteiger partial charge in [0, 0.05) is 30.9 Å². The predicted octanol–water partition coefficient (Wildman–Crippen LogP) is 3.14. The summed E-state index contributed by atoms with van der Waals surface area (Å²) in [5, 5.41) is 0. The third-order valence-electron chi connectivity index (χ3n) is 4.73. The third-order valence-corrected chi connectivity index (χ3v) is 4.73. The molecule has 108 valence electrons. The zero-order chi connectivity index (χ0) is 14.4. The Balaban J connectivity index is 1.81. The van der Waals surface area contributed by atoms with Crippen LogP contribution in [0.3, 0.4) is 0 Å². The molecule has 1 aromatic heterocycles. The molecule has 0 N–H and O–H groups in total. The van der Waals surface area contributed by atoms with Crippen LogP contribution in [0.2, 0.25) is 0 Å². The van der Waals surface area contributed by atoms with Crippen molar-refractivity contribution < 1.29 is 4.79 Å². The van der Waals surface area contributed by atoms with Crippen LogP contribution >= 0.6 is 0 Å². The van der Waals surface area contributed by atoms with Gasteiger partial charge in [0.1, 0.15) is 0 Å². The molecule has 0 unspecified atom stereocenters. The van der Waals surface area contributed by atoms with E-state index in [-0.39, 0.29) is 12.0 Å². The summed E-state index contributed by atoms with van der Waals surface area (Å²) < 4.78 is 2.29. The van der Waals surface area contributed by atoms with Crippen molar-refractivity contribution in [3.05, 3.63) is 59.4 Å². The van der Waals surface area contributed by atoms with Crippen LogP contribution in [-0.4, -0.2) is 21.9 Å². The number of benzene rings is 1. The lowest BCUT2D eigenvalue weighted by atomic mass is 9.95. The smallest absolute Gasteiger partial charge is 0.226 e. The van der Waals surface area contributed by atoms with E-state index in [0.717, 1.165) is 25.9 Å². The van der Waals surface area contributed by atoms with Crippen LogP contribution in [0.25, 0.3) is 0 Å². The lowest BCUT2D eigenvalue weighted by molar-refractivity contribution is -0.135. The maximum Gasteiger partial charge on any atom is 0.226 e. The van der Waals surface area contributed by atoms with E-state index in [2.05, 4.69) is 59.0 Å². The Morgan fingerprint density at radius 2 is 1.90 bits per heavy atom. The second-order valence-corrected chi connectivity index (χ2v) is 6.19. The number of amides is 1. The second-order valence-electron chi connectivity index (χ2n) is 6.19. The fourth-order valence-electron chi connectivity index (χ4n) is 3.41. The van der Waals surface area contributed by atoms with E-state index in [0.29, 0.717) is 5.91 Å². The Hall–Kier alpha value is -2.03. The summed E-state index contributed by atoms with van der Waals surface area (Å²) in [6.45, 7) is 3.86. The van der Waals surface area contributed by atoms with Crippen LogP contribution in [0, 0.1) is 12.8 Å². The van der Waals surface area contributed by atoms with Crippen molar-refractivity contribution in [2.45, 2.75) is 32.4 Å². The summed E-state index contributed by atoms with van der Waals surface area (Å²) in [6, 6.07) is 12.8. The van der Waals surface area contributed by atoms with Crippen LogP contribution in [-0.2, 0) is 11.3 Å². The monoisotopic (exact) mass is 280 g/mol. The predicted molar refractivity (Wildman–Crippen MR) is 81.9 cm³/mol. The Morgan fingerprint density at radius 3 is 2.67 bits per heavy atom. The molecule has 21 heavy (non-hydrogen) atoms. The molecule has 2 aromatic rings. The molecule has 3 nitrogen and oxygen atoms in total. The number of nitrogens with zero attached hydrogens (tertiary/aromatic N) is 2. The van der Waals surface area contributed by atoms with Crippen molar-refractivity contribution >= 4 is 5.91 Å². The van der Waals surface area contributed by atoms with E-state index >= 15 is 0 Å². The van der Waals surface area contributed by atoms with Crippen LogP contribution in [0.4, 0.5) is 0 Å². The highest BCUT2D eigenvalue weighted by atomic mass is 16.2. The number of aryl methyl sites for hydroxylation is 1. The van der Waals surface area contributed by atoms with Gasteiger partial charge in [-0.05, 0) is 43.0 Å². The first-order chi connectivity index (χ1) is 10.3. The van der Waals surface area contributed by atoms with Crippen molar-refractivity contribution in [2.24, 2.45) is 5.92 Å². The first kappa shape index (κ1) is 12.7. The maximum atomic E-state index is 12.7. The van der Waals surface area contributed by atoms with Crippen molar-refractivity contribution in [1.29, 1.82) is 0 Å². The Bertz CT molecular complexity index is 684. The number of carbonyl (C=O) groups excluding carboxylic acids is 1. The summed E-state index contributed by atoms with van der Waals surface area (Å²) >= 11 is 0. The van der Waals surface area contributed by atoms with E-state index in [9.17, 15) is 4.79 Å². The third kappa shape index (κ3) is 2.08. The van der Waals surface area contributed by atoms with Crippen LogP contribution < -0.4 is 0 Å². The highest BCUT2D eigenvalue weighted by molar-refractivity contribution is 5.82. The average molecular weight is 280 g/mol. The van der Waals surface area contributed by atoms with E-state index in [1.807, 2.05) is 0 Å². The van der Waals surface area contributed by atoms with Gasteiger partial charge in [0.2, 0.25) is 5.91 Å². The molecule has 1 amide bonds. The van der Waals surface area contributed by atoms with Gasteiger partial charge in [-0.15, -0.1) is 0 Å². The lowest BCUT2D eigenvalue weighted by Gasteiger charge is -2.38. The molecule has 0 saturated heterocycles. The minimum atomic E-state index is 0.0723. The Kier molecular flexibility index (Phi) is 2.88. The van der Waals surface area contributed by atoms with Gasteiger partial charge in [-0.2, -0.15) is 0 Å². The standard InChI is InChI=1S/C18H20N2O/c1-13-5-2-3-6-15(13)17-16-7-4-10-19(16)11-12-20(17)18(21)14-8-9-14/h2-7,10,14,17H,8-9,11-12H2,1H3/t17-/m0/s1. The van der Waals surface area contributed by atoms with Gasteiger partial charge in [-0.25, -0.2) is 0 Å². The van der Waals surface area contributed by atoms with Crippen LogP contribution in [0.1, 0.15) is 35.7 Å². The van der Waals surface area contributed by atoms with Crippen molar-refractivity contribution in [1.82, 2.24) is 9.47 Å². The Morgan fingerprint density at radius 1 is 1.10 bits per heavy atom. The molecule has 1 fully saturated rings. The number of hydrogen-bond acceptors (Lipinski definition) is 1. The normalized spacial score (nSPS) is 21.2. The molecule has 1 saturated carbocycles. The van der Waals surface area contributed by atoms with Gasteiger partial charge in [-0.3, -0.25) is 4.79 Å². The molecule has 2 aliphatic rings. The van der Waals surface area contributed by atoms with Crippen LogP contribution in [0.5, 0.6) is 0 Å². The van der Waals surface area contributed by atoms with Gasteiger partial charge in [-0.1, -0.05) is 24.3 Å². The molecule has 1 aliphatic carbocycles. The molecule has 4 rings (SSSR count). The molecular weight excluding hydrogens is 260 g/mol. The molecule has 0 bridgehead atoms. The molecule has 1 aliphatic heterocycles. The molecular formula is C18H20N2O. The first-order valence-corrected chi connectivity index (χ1v) is 7.77. The number of carbonyl (C=O) groups is 1. The largest absolute Gasteiger partial charge is 0.348 e. The summed E-state index contributed by atoms with van der Waals surface area (Å²) in [7, 11) is 0. The summed E-state index contributed by atoms with van der Waals surface area (Å²) in [4.78, 5) is 14.8. The van der Waals surface area contributed by atoms with Gasteiger partial charge < -0.3 is 9.47 Å². The SMILES string of the molecule is Cc1ccccc1[C@H]1c2cccn2CCN1C(=O)C1CC1. The minimum Gasteiger partial charge on any atom is -0.348 e. The molecule has 0 radical (unpaired) electrons. The van der Waals surface area contributed by atoms with Crippen molar-refractivity contribution in [3.8, 4) is 0 Å². The molecule has 1 atom stereocenters. The van der Waals surface area contributed by atoms with Crippen molar-refractivity contribution in [2.75, 3.05) is 6.54 Å². The first-order valence-electron chi connectivity index (χ1n) is 7.77. The highest BCUT2D eigenvalue weighted by Gasteiger charge is 2.39. The number of rotatable bonds is 2. The van der Waals surface area contributed by atoms with Gasteiger partial charge in [0.05, 0.1) is 6.04 Å². The van der Waals surface area contributed by atoms with E-state index in [1.54, 1.807) is 0 Å². The van der Waals surface area contributed by atoms with Gasteiger partial charge in [0.25, 0.3) is 0 Å². The maximum absolute atomic E-state index is 12.7. The van der Waals surface area contributed by atoms with E-state index < -0.39 is 0 Å². The fourth-order valence-corrected chi connectivity index (χ4v) is 3.41. The number of aromatic nitrogens is 1. The van der Waals surface area contributed by atoms with E-state index in [4.69, 9.17) is 0 Å². The van der Waals surface area contributed by atoms with Gasteiger partial charge in [0.15, 0.2) is 0 Å². The van der Waals surface area contributed by atoms with Crippen molar-refractivity contribution in [3.63, 3.8) is 0 Å². The quantitative estimate of drug-likeness (QED) is 0.829. The fraction of sp³-hybridized carbons (Fsp3) is 0.389. The zero-order valence-corrected chi connectivity index (χ0v) is 12.3. The lowest BCUT2D eigenvalue weighted by Crippen LogP contribution is -2.43. The summed E-state index contributed by atoms with van der Waals surface area (Å²) in [5.74, 6) is 0.619. The molecule has 3 heteroatoms. The highest BCUT2D eigenvalue weighted by Crippen LogP contribution is 2.39. The zero-order valence-electron chi connectivity index (χ0n) is 12.3. The second kappa shape index (κ2) is 4.76. The van der Waals surface area contributed by atoms with Gasteiger partial charge >= 0.3 is 0 Å². The summed E-state index contributed by atoms with van der Waals surface area (Å²) in [6.07, 6.45) is 4.26. The Labute approximate surface area is 125 Å². The van der Waals surface area contributed by atoms with E-state index in [1.165, 1.54) is 16.8 Å². The number of hydrogen-bond donors (Lipinski definition) is 0. The average Bonchev–Trinajstić information content (AvgIpc) is 3.24. The number of fused-ring (bicyclic) bond motifs is 1. The summed E-state index contributed by atoms with van der Waals surface area (Å²) in [5.41, 5.74) is 3.75. The molecule has 1 aromatic carbocycles. The topological polar surface area (TPSA) is 25.2 Å². The molecule has 0 spiro atoms. The molecule has 2 heterocycles. The minimum absolute atomic E-state index is 0.0723. The van der Waals surface area contributed by atoms with Crippen LogP contribution in [0.15, 0.2) is 42.6 Å².